The third-order valence-electron chi connectivity index (χ3n) is 3.65. The minimum atomic E-state index is 0.413. The first-order valence-electron chi connectivity index (χ1n) is 7.60. The molecule has 3 aromatic rings. The van der Waals surface area contributed by atoms with E-state index in [2.05, 4.69) is 53.4 Å². The van der Waals surface area contributed by atoms with E-state index in [4.69, 9.17) is 5.73 Å². The molecule has 0 amide bonds. The van der Waals surface area contributed by atoms with Crippen LogP contribution in [0.3, 0.4) is 0 Å². The Morgan fingerprint density at radius 2 is 1.83 bits per heavy atom. The van der Waals surface area contributed by atoms with Crippen LogP contribution in [0.15, 0.2) is 59.7 Å². The predicted molar refractivity (Wildman–Crippen MR) is 96.6 cm³/mol. The van der Waals surface area contributed by atoms with Gasteiger partial charge in [0.05, 0.1) is 12.1 Å². The van der Waals surface area contributed by atoms with E-state index in [9.17, 15) is 0 Å². The molecule has 0 atom stereocenters. The minimum absolute atomic E-state index is 0.413. The average Bonchev–Trinajstić information content (AvgIpc) is 2.52. The van der Waals surface area contributed by atoms with E-state index in [-0.39, 0.29) is 0 Å². The topological polar surface area (TPSA) is 63.3 Å². The summed E-state index contributed by atoms with van der Waals surface area (Å²) in [5.74, 6) is 0.413. The molecular weight excluding hydrogens is 284 g/mol. The number of pyridine rings is 1. The molecule has 4 heteroatoms. The Morgan fingerprint density at radius 3 is 2.61 bits per heavy atom. The van der Waals surface area contributed by atoms with Crippen molar-refractivity contribution in [2.24, 2.45) is 10.7 Å². The largest absolute Gasteiger partial charge is 0.370 e. The summed E-state index contributed by atoms with van der Waals surface area (Å²) in [6, 6.07) is 16.3. The summed E-state index contributed by atoms with van der Waals surface area (Å²) >= 11 is 0. The van der Waals surface area contributed by atoms with E-state index in [1.807, 2.05) is 24.3 Å². The number of aliphatic imine (C=N–C) groups is 1. The molecule has 1 heterocycles. The second-order valence-electron chi connectivity index (χ2n) is 5.69. The van der Waals surface area contributed by atoms with Crippen molar-refractivity contribution in [3.8, 4) is 0 Å². The van der Waals surface area contributed by atoms with E-state index < -0.39 is 0 Å². The average molecular weight is 304 g/mol. The maximum absolute atomic E-state index is 6.02. The molecule has 0 saturated heterocycles. The maximum Gasteiger partial charge on any atom is 0.193 e. The Bertz CT molecular complexity index is 843. The van der Waals surface area contributed by atoms with Crippen LogP contribution in [0.5, 0.6) is 0 Å². The predicted octanol–water partition coefficient (Wildman–Crippen LogP) is 3.78. The molecule has 0 fully saturated rings. The first-order valence-corrected chi connectivity index (χ1v) is 7.60. The Labute approximate surface area is 136 Å². The van der Waals surface area contributed by atoms with Gasteiger partial charge in [-0.05, 0) is 54.8 Å². The second-order valence-corrected chi connectivity index (χ2v) is 5.69. The fourth-order valence-corrected chi connectivity index (χ4v) is 2.70. The summed E-state index contributed by atoms with van der Waals surface area (Å²) in [5, 5.41) is 4.26. The first kappa shape index (κ1) is 15.0. The lowest BCUT2D eigenvalue weighted by Crippen LogP contribution is -2.22. The summed E-state index contributed by atoms with van der Waals surface area (Å²) < 4.78 is 0. The summed E-state index contributed by atoms with van der Waals surface area (Å²) in [5.41, 5.74) is 11.5. The molecule has 116 valence electrons. The molecule has 1 aromatic heterocycles. The Balaban J connectivity index is 1.78. The number of nitrogens with two attached hydrogens (primary N) is 1. The van der Waals surface area contributed by atoms with E-state index in [1.165, 1.54) is 11.1 Å². The number of hydrogen-bond acceptors (Lipinski definition) is 2. The molecule has 2 aromatic carbocycles. The van der Waals surface area contributed by atoms with Crippen LogP contribution in [-0.4, -0.2) is 10.9 Å². The van der Waals surface area contributed by atoms with Crippen molar-refractivity contribution in [2.75, 3.05) is 5.32 Å². The highest BCUT2D eigenvalue weighted by molar-refractivity contribution is 5.92. The zero-order valence-electron chi connectivity index (χ0n) is 13.4. The number of guanidine groups is 1. The highest BCUT2D eigenvalue weighted by atomic mass is 15.1. The van der Waals surface area contributed by atoms with Gasteiger partial charge in [0.25, 0.3) is 0 Å². The number of nitrogens with zero attached hydrogens (tertiary/aromatic N) is 2. The molecule has 3 N–H and O–H groups in total. The zero-order valence-corrected chi connectivity index (χ0v) is 13.4. The number of rotatable bonds is 3. The van der Waals surface area contributed by atoms with Crippen LogP contribution in [0, 0.1) is 13.8 Å². The highest BCUT2D eigenvalue weighted by Gasteiger charge is 2.02. The summed E-state index contributed by atoms with van der Waals surface area (Å²) in [6.45, 7) is 4.65. The fraction of sp³-hybridized carbons (Fsp3) is 0.158. The van der Waals surface area contributed by atoms with Crippen LogP contribution in [0.4, 0.5) is 5.69 Å². The van der Waals surface area contributed by atoms with E-state index in [1.54, 1.807) is 6.20 Å². The molecule has 0 unspecified atom stereocenters. The standard InChI is InChI=1S/C19H20N4/c1-13-9-14(2)11-16(10-13)23-19(20)22-12-15-7-8-21-18-6-4-3-5-17(15)18/h3-11H,12H2,1-2H3,(H3,20,22,23). The highest BCUT2D eigenvalue weighted by Crippen LogP contribution is 2.17. The van der Waals surface area contributed by atoms with Crippen LogP contribution in [0.1, 0.15) is 16.7 Å². The van der Waals surface area contributed by atoms with Gasteiger partial charge in [0, 0.05) is 17.3 Å². The van der Waals surface area contributed by atoms with Gasteiger partial charge in [-0.15, -0.1) is 0 Å². The summed E-state index contributed by atoms with van der Waals surface area (Å²) in [4.78, 5) is 8.82. The van der Waals surface area contributed by atoms with Crippen LogP contribution in [-0.2, 0) is 6.54 Å². The molecule has 0 spiro atoms. The number of nitrogens with one attached hydrogen (secondary N) is 1. The summed E-state index contributed by atoms with van der Waals surface area (Å²) in [6.07, 6.45) is 1.81. The van der Waals surface area contributed by atoms with Crippen molar-refractivity contribution >= 4 is 22.5 Å². The molecule has 0 aliphatic rings. The third kappa shape index (κ3) is 3.66. The van der Waals surface area contributed by atoms with Gasteiger partial charge < -0.3 is 11.1 Å². The molecule has 4 nitrogen and oxygen atoms in total. The van der Waals surface area contributed by atoms with Crippen LogP contribution >= 0.6 is 0 Å². The Hall–Kier alpha value is -2.88. The van der Waals surface area contributed by atoms with Gasteiger partial charge >= 0.3 is 0 Å². The number of benzene rings is 2. The van der Waals surface area contributed by atoms with Crippen LogP contribution in [0.25, 0.3) is 10.9 Å². The van der Waals surface area contributed by atoms with Crippen LogP contribution in [0.2, 0.25) is 0 Å². The van der Waals surface area contributed by atoms with Gasteiger partial charge in [-0.1, -0.05) is 24.3 Å². The molecule has 3 rings (SSSR count). The van der Waals surface area contributed by atoms with E-state index in [0.29, 0.717) is 12.5 Å². The molecule has 0 aliphatic heterocycles. The van der Waals surface area contributed by atoms with Crippen molar-refractivity contribution < 1.29 is 0 Å². The molecule has 0 aliphatic carbocycles. The van der Waals surface area contributed by atoms with Gasteiger partial charge in [0.2, 0.25) is 0 Å². The molecule has 0 radical (unpaired) electrons. The van der Waals surface area contributed by atoms with Gasteiger partial charge in [0.1, 0.15) is 0 Å². The van der Waals surface area contributed by atoms with E-state index in [0.717, 1.165) is 22.2 Å². The molecule has 0 bridgehead atoms. The maximum atomic E-state index is 6.02. The minimum Gasteiger partial charge on any atom is -0.370 e. The van der Waals surface area contributed by atoms with Crippen molar-refractivity contribution in [2.45, 2.75) is 20.4 Å². The lowest BCUT2D eigenvalue weighted by atomic mass is 10.1. The van der Waals surface area contributed by atoms with Crippen molar-refractivity contribution in [1.82, 2.24) is 4.98 Å². The van der Waals surface area contributed by atoms with Gasteiger partial charge in [-0.2, -0.15) is 0 Å². The smallest absolute Gasteiger partial charge is 0.193 e. The van der Waals surface area contributed by atoms with E-state index >= 15 is 0 Å². The number of hydrogen-bond donors (Lipinski definition) is 2. The fourth-order valence-electron chi connectivity index (χ4n) is 2.70. The number of para-hydroxylation sites is 1. The Morgan fingerprint density at radius 1 is 1.09 bits per heavy atom. The second kappa shape index (κ2) is 6.48. The molecular formula is C19H20N4. The quantitative estimate of drug-likeness (QED) is 0.572. The van der Waals surface area contributed by atoms with Gasteiger partial charge in [-0.3, -0.25) is 4.98 Å². The first-order chi connectivity index (χ1) is 11.1. The number of aromatic nitrogens is 1. The Kier molecular flexibility index (Phi) is 4.24. The number of aryl methyl sites for hydroxylation is 2. The summed E-state index contributed by atoms with van der Waals surface area (Å²) in [7, 11) is 0. The third-order valence-corrected chi connectivity index (χ3v) is 3.65. The normalized spacial score (nSPS) is 11.7. The molecule has 0 saturated carbocycles. The number of anilines is 1. The molecule has 23 heavy (non-hydrogen) atoms. The lowest BCUT2D eigenvalue weighted by Gasteiger charge is -2.08. The SMILES string of the molecule is Cc1cc(C)cc(NC(N)=NCc2ccnc3ccccc23)c1. The number of fused-ring (bicyclic) bond motifs is 1. The van der Waals surface area contributed by atoms with Crippen molar-refractivity contribution in [3.05, 3.63) is 71.4 Å². The van der Waals surface area contributed by atoms with Gasteiger partial charge in [0.15, 0.2) is 5.96 Å². The van der Waals surface area contributed by atoms with Crippen LogP contribution < -0.4 is 11.1 Å². The zero-order chi connectivity index (χ0) is 16.2. The van der Waals surface area contributed by atoms with Crippen molar-refractivity contribution in [1.29, 1.82) is 0 Å². The lowest BCUT2D eigenvalue weighted by molar-refractivity contribution is 1.07. The van der Waals surface area contributed by atoms with Crippen molar-refractivity contribution in [3.63, 3.8) is 0 Å². The monoisotopic (exact) mass is 304 g/mol. The van der Waals surface area contributed by atoms with Gasteiger partial charge in [-0.25, -0.2) is 4.99 Å².